The molecule has 0 aromatic heterocycles. The number of carboxylic acids is 1. The van der Waals surface area contributed by atoms with Gasteiger partial charge in [-0.3, -0.25) is 23.8 Å². The minimum atomic E-state index is -5.45. The highest BCUT2D eigenvalue weighted by atomic mass is 32.2. The number of nitrogen functional groups attached to an aromatic ring is 1. The van der Waals surface area contributed by atoms with Crippen LogP contribution in [0.1, 0.15) is 10.4 Å². The molecule has 0 radical (unpaired) electrons. The number of nitrogens with two attached hydrogens (primary N) is 1. The number of aromatic carboxylic acids is 1. The van der Waals surface area contributed by atoms with Gasteiger partial charge < -0.3 is 21.1 Å². The molecule has 26 nitrogen and oxygen atoms in total. The molecular weight excluding hydrogens is 865 g/mol. The number of nitrogens with zero attached hydrogens (tertiary/aromatic N) is 7. The maximum absolute atomic E-state index is 12.7. The lowest BCUT2D eigenvalue weighted by molar-refractivity contribution is -0.432. The Bertz CT molecular complexity index is 3030. The maximum atomic E-state index is 12.7. The molecule has 5 rings (SSSR count). The van der Waals surface area contributed by atoms with Crippen molar-refractivity contribution in [3.8, 4) is 11.5 Å². The number of carbonyl (C=O) groups is 1. The molecule has 0 aliphatic heterocycles. The lowest BCUT2D eigenvalue weighted by Gasteiger charge is -2.15. The Labute approximate surface area is 326 Å². The van der Waals surface area contributed by atoms with Gasteiger partial charge in [-0.2, -0.15) is 35.5 Å². The normalized spacial score (nSPS) is 12.8. The number of azo groups is 3. The van der Waals surface area contributed by atoms with Gasteiger partial charge in [0.1, 0.15) is 43.1 Å². The molecule has 0 atom stereocenters. The summed E-state index contributed by atoms with van der Waals surface area (Å²) < 4.78 is 109. The van der Waals surface area contributed by atoms with E-state index < -0.39 is 139 Å². The predicted octanol–water partition coefficient (Wildman–Crippen LogP) is 6.31. The second-order valence-electron chi connectivity index (χ2n) is 11.0. The SMILES string of the molecule is CN=Nc1c(S(=O)(=O)O)cc2c(S(=O)(=O)O)c(N=Nc3cc(S(=O)(=O)O)c4cc(SOOO)c(N=Nc5ccc([N+](=O)[O-])cc5C(=O)O)c(O)c4c3N)ccc2c1O. The number of hydrogen-bond donors (Lipinski definition) is 8. The van der Waals surface area contributed by atoms with Crippen molar-refractivity contribution >= 4 is 110 Å². The van der Waals surface area contributed by atoms with Gasteiger partial charge in [0, 0.05) is 35.3 Å². The summed E-state index contributed by atoms with van der Waals surface area (Å²) in [5, 5.41) is 74.5. The van der Waals surface area contributed by atoms with Crippen LogP contribution in [-0.4, -0.2) is 77.4 Å². The van der Waals surface area contributed by atoms with Crippen LogP contribution in [0.4, 0.5) is 39.8 Å². The van der Waals surface area contributed by atoms with Crippen molar-refractivity contribution in [2.24, 2.45) is 30.7 Å². The van der Waals surface area contributed by atoms with E-state index in [-0.39, 0.29) is 12.0 Å². The molecule has 5 aromatic carbocycles. The number of phenols is 2. The van der Waals surface area contributed by atoms with Crippen molar-refractivity contribution in [3.05, 3.63) is 64.2 Å². The van der Waals surface area contributed by atoms with Crippen LogP contribution in [0.5, 0.6) is 11.5 Å². The Kier molecular flexibility index (Phi) is 11.7. The smallest absolute Gasteiger partial charge is 0.338 e. The van der Waals surface area contributed by atoms with Crippen molar-refractivity contribution in [2.45, 2.75) is 19.6 Å². The van der Waals surface area contributed by atoms with E-state index in [0.29, 0.717) is 18.2 Å². The Morgan fingerprint density at radius 2 is 1.38 bits per heavy atom. The number of carboxylic acid groups (broad SMARTS) is 1. The topological polar surface area (TPSA) is 423 Å². The van der Waals surface area contributed by atoms with Gasteiger partial charge in [-0.05, 0) is 36.4 Å². The summed E-state index contributed by atoms with van der Waals surface area (Å²) in [5.41, 5.74) is 0.606. The Hall–Kier alpha value is -6.35. The summed E-state index contributed by atoms with van der Waals surface area (Å²) in [6.07, 6.45) is 0. The number of anilines is 1. The van der Waals surface area contributed by atoms with Gasteiger partial charge in [0.15, 0.2) is 11.5 Å². The monoisotopic (exact) mass is 884 g/mol. The molecule has 0 aliphatic carbocycles. The summed E-state index contributed by atoms with van der Waals surface area (Å²) in [5.74, 6) is -3.79. The third-order valence-electron chi connectivity index (χ3n) is 7.59. The van der Waals surface area contributed by atoms with Crippen LogP contribution in [-0.2, 0) is 39.7 Å². The quantitative estimate of drug-likeness (QED) is 0.0122. The summed E-state index contributed by atoms with van der Waals surface area (Å²) in [6, 6.07) is 6.17. The van der Waals surface area contributed by atoms with E-state index in [2.05, 4.69) is 40.1 Å². The number of rotatable bonds is 13. The highest BCUT2D eigenvalue weighted by Crippen LogP contribution is 2.50. The minimum Gasteiger partial charge on any atom is -0.505 e. The molecule has 0 aliphatic rings. The molecular formula is C28H20N8O18S4. The van der Waals surface area contributed by atoms with Crippen LogP contribution in [0, 0.1) is 10.1 Å². The number of aromatic hydroxyl groups is 2. The molecule has 304 valence electrons. The molecule has 58 heavy (non-hydrogen) atoms. The number of nitro benzene ring substituents is 1. The van der Waals surface area contributed by atoms with Crippen LogP contribution in [0.3, 0.4) is 0 Å². The van der Waals surface area contributed by atoms with Crippen LogP contribution in [0.25, 0.3) is 21.5 Å². The van der Waals surface area contributed by atoms with Crippen LogP contribution in [0.2, 0.25) is 0 Å². The average Bonchev–Trinajstić information content (AvgIpc) is 3.12. The summed E-state index contributed by atoms with van der Waals surface area (Å²) >= 11 is 0.0630. The predicted molar refractivity (Wildman–Crippen MR) is 195 cm³/mol. The van der Waals surface area contributed by atoms with Gasteiger partial charge in [-0.1, -0.05) is 5.04 Å². The third kappa shape index (κ3) is 8.35. The highest BCUT2D eigenvalue weighted by Gasteiger charge is 2.29. The van der Waals surface area contributed by atoms with Crippen molar-refractivity contribution < 1.29 is 78.6 Å². The fourth-order valence-electron chi connectivity index (χ4n) is 5.25. The molecule has 5 aromatic rings. The first-order valence-electron chi connectivity index (χ1n) is 14.7. The molecule has 9 N–H and O–H groups in total. The van der Waals surface area contributed by atoms with Crippen molar-refractivity contribution in [1.82, 2.24) is 0 Å². The number of benzene rings is 5. The number of fused-ring (bicyclic) bond motifs is 2. The first-order valence-corrected chi connectivity index (χ1v) is 19.7. The Morgan fingerprint density at radius 1 is 0.759 bits per heavy atom. The molecule has 0 heterocycles. The first kappa shape index (κ1) is 42.8. The lowest BCUT2D eigenvalue weighted by Crippen LogP contribution is -2.03. The van der Waals surface area contributed by atoms with E-state index in [1.807, 2.05) is 0 Å². The number of phenolic OH excluding ortho intramolecular Hbond substituents is 2. The zero-order valence-corrected chi connectivity index (χ0v) is 31.3. The fraction of sp³-hybridized carbons (Fsp3) is 0.0357. The van der Waals surface area contributed by atoms with E-state index in [9.17, 15) is 69.1 Å². The highest BCUT2D eigenvalue weighted by molar-refractivity contribution is 7.94. The largest absolute Gasteiger partial charge is 0.505 e. The van der Waals surface area contributed by atoms with Gasteiger partial charge in [0.2, 0.25) is 0 Å². The second kappa shape index (κ2) is 15.9. The zero-order chi connectivity index (χ0) is 43.1. The Morgan fingerprint density at radius 3 is 1.95 bits per heavy atom. The van der Waals surface area contributed by atoms with Gasteiger partial charge in [-0.15, -0.1) is 24.8 Å². The fourth-order valence-corrected chi connectivity index (χ4v) is 7.90. The molecule has 0 amide bonds. The number of nitro groups is 1. The molecule has 0 fully saturated rings. The number of hydrogen-bond acceptors (Lipinski definition) is 22. The zero-order valence-electron chi connectivity index (χ0n) is 28.1. The summed E-state index contributed by atoms with van der Waals surface area (Å²) in [4.78, 5) is 18.2. The Balaban J connectivity index is 1.81. The van der Waals surface area contributed by atoms with Crippen molar-refractivity contribution in [3.63, 3.8) is 0 Å². The summed E-state index contributed by atoms with van der Waals surface area (Å²) in [7, 11) is -14.9. The molecule has 0 saturated carbocycles. The third-order valence-corrected chi connectivity index (χ3v) is 10.9. The van der Waals surface area contributed by atoms with Crippen LogP contribution >= 0.6 is 12.0 Å². The van der Waals surface area contributed by atoms with Crippen LogP contribution in [0.15, 0.2) is 98.8 Å². The molecule has 0 saturated heterocycles. The van der Waals surface area contributed by atoms with Crippen LogP contribution < -0.4 is 5.73 Å². The lowest BCUT2D eigenvalue weighted by atomic mass is 10.0. The minimum absolute atomic E-state index is 0.0630. The maximum Gasteiger partial charge on any atom is 0.338 e. The van der Waals surface area contributed by atoms with E-state index in [0.717, 1.165) is 37.4 Å². The number of non-ortho nitro benzene ring substituents is 1. The standard InChI is InChI=1S/C28H20N8O18S4/c1-30-34-24-20(57(47,48)49)8-12-11(25(24)37)3-5-16(27(12)58(50,51)52)32-33-17-9-19(56(44,45)46)14-7-18(55-54-53-43)23(26(38)21(14)22(17)29)35-31-15-4-2-10(36(41)42)6-13(15)28(39)40/h2-9,37-38,43H,29H2,1H3,(H,39,40)(H,44,45,46)(H,47,48,49)(H,50,51,52). The first-order chi connectivity index (χ1) is 27.0. The van der Waals surface area contributed by atoms with E-state index >= 15 is 0 Å². The molecule has 30 heteroatoms. The summed E-state index contributed by atoms with van der Waals surface area (Å²) in [6.45, 7) is 0. The van der Waals surface area contributed by atoms with Crippen molar-refractivity contribution in [2.75, 3.05) is 12.8 Å². The van der Waals surface area contributed by atoms with Gasteiger partial charge >= 0.3 is 5.97 Å². The van der Waals surface area contributed by atoms with Gasteiger partial charge in [-0.25, -0.2) is 10.1 Å². The van der Waals surface area contributed by atoms with Crippen molar-refractivity contribution in [1.29, 1.82) is 0 Å². The molecule has 0 spiro atoms. The van der Waals surface area contributed by atoms with Gasteiger partial charge in [0.05, 0.1) is 38.5 Å². The van der Waals surface area contributed by atoms with E-state index in [4.69, 9.17) is 11.0 Å². The molecule has 0 unspecified atom stereocenters. The average molecular weight is 885 g/mol. The van der Waals surface area contributed by atoms with Gasteiger partial charge in [0.25, 0.3) is 36.0 Å². The molecule has 0 bridgehead atoms. The van der Waals surface area contributed by atoms with E-state index in [1.165, 1.54) is 0 Å². The van der Waals surface area contributed by atoms with E-state index in [1.54, 1.807) is 0 Å². The second-order valence-corrected chi connectivity index (χ2v) is 15.9.